The molecule has 0 fully saturated rings. The second kappa shape index (κ2) is 20.9. The van der Waals surface area contributed by atoms with Gasteiger partial charge < -0.3 is 62.0 Å². The van der Waals surface area contributed by atoms with E-state index in [9.17, 15) is 4.79 Å². The van der Waals surface area contributed by atoms with E-state index in [1.807, 2.05) is 0 Å². The minimum atomic E-state index is -5.14. The molecule has 4 atom stereocenters. The van der Waals surface area contributed by atoms with Crippen molar-refractivity contribution >= 4 is 14.1 Å². The summed E-state index contributed by atoms with van der Waals surface area (Å²) in [6.07, 6.45) is -6.84. The Hall–Kier alpha value is 2.87. The first-order valence-electron chi connectivity index (χ1n) is 4.07. The average molecular weight is 381 g/mol. The van der Waals surface area contributed by atoms with Gasteiger partial charge in [-0.15, -0.1) is 0 Å². The molecule has 112 valence electrons. The smallest absolute Gasteiger partial charge is 1.00 e. The zero-order valence-electron chi connectivity index (χ0n) is 11.7. The van der Waals surface area contributed by atoms with E-state index >= 15 is 0 Å². The Labute approximate surface area is 193 Å². The van der Waals surface area contributed by atoms with Crippen molar-refractivity contribution < 1.29 is 151 Å². The molecule has 0 aliphatic carbocycles. The summed E-state index contributed by atoms with van der Waals surface area (Å²) in [5, 5.41) is 43.5. The molecule has 0 aromatic carbocycles. The van der Waals surface area contributed by atoms with Crippen LogP contribution in [0, 0.1) is 0 Å². The molecule has 0 aromatic heterocycles. The second-order valence-electron chi connectivity index (χ2n) is 2.83. The van der Waals surface area contributed by atoms with Gasteiger partial charge >= 0.3 is 88.7 Å². The first-order valence-corrected chi connectivity index (χ1v) is 5.57. The largest absolute Gasteiger partial charge is 1.00 e. The number of phosphoric acid groups is 1. The molecular weight excluding hydrogens is 367 g/mol. The Morgan fingerprint density at radius 2 is 1.29 bits per heavy atom. The summed E-state index contributed by atoms with van der Waals surface area (Å²) < 4.78 is 8.66. The molecule has 15 heteroatoms. The molecule has 6 N–H and O–H groups in total. The second-order valence-corrected chi connectivity index (χ2v) is 3.76. The first kappa shape index (κ1) is 39.1. The van der Waals surface area contributed by atoms with Crippen LogP contribution in [-0.4, -0.2) is 67.7 Å². The zero-order valence-corrected chi connectivity index (χ0v) is 19.4. The third-order valence-electron chi connectivity index (χ3n) is 1.42. The summed E-state index contributed by atoms with van der Waals surface area (Å²) >= 11 is 0. The summed E-state index contributed by atoms with van der Waals surface area (Å²) in [6, 6.07) is 0. The van der Waals surface area contributed by atoms with Crippen LogP contribution in [0.5, 0.6) is 0 Å². The summed E-state index contributed by atoms with van der Waals surface area (Å²) in [7, 11) is -5.14. The van der Waals surface area contributed by atoms with E-state index in [0.717, 1.165) is 0 Å². The van der Waals surface area contributed by atoms with Crippen LogP contribution in [0.3, 0.4) is 0 Å². The SMILES string of the molecule is O=C[C@H](O)[C@@H](O)[C@H](O)[C@H](O)CO.O=P([O-])([O-])O.[Cl-].[Na+].[Na+].[Na+]. The Balaban J connectivity index is -0.0000000552. The number of carbonyl (C=O) groups is 1. The van der Waals surface area contributed by atoms with Crippen LogP contribution in [0.2, 0.25) is 0 Å². The number of aliphatic hydroxyl groups excluding tert-OH is 5. The topological polar surface area (TPSA) is 202 Å². The maximum Gasteiger partial charge on any atom is 1.00 e. The molecule has 0 amide bonds. The van der Waals surface area contributed by atoms with Crippen molar-refractivity contribution in [3.05, 3.63) is 0 Å². The van der Waals surface area contributed by atoms with Crippen molar-refractivity contribution in [3.8, 4) is 0 Å². The summed E-state index contributed by atoms with van der Waals surface area (Å²) in [6.45, 7) is -0.760. The van der Waals surface area contributed by atoms with E-state index in [-0.39, 0.29) is 107 Å². The molecular formula is C6H13ClNa3O10P. The van der Waals surface area contributed by atoms with Gasteiger partial charge in [0.25, 0.3) is 0 Å². The number of halogens is 1. The van der Waals surface area contributed by atoms with Crippen molar-refractivity contribution in [2.24, 2.45) is 0 Å². The maximum absolute atomic E-state index is 9.90. The number of hydrogen-bond acceptors (Lipinski definition) is 9. The van der Waals surface area contributed by atoms with Gasteiger partial charge in [-0.25, -0.2) is 0 Å². The summed E-state index contributed by atoms with van der Waals surface area (Å²) in [5.41, 5.74) is 0. The predicted octanol–water partition coefficient (Wildman–Crippen LogP) is -17.6. The van der Waals surface area contributed by atoms with E-state index in [4.69, 9.17) is 44.8 Å². The fourth-order valence-corrected chi connectivity index (χ4v) is 0.618. The zero-order chi connectivity index (χ0) is 14.2. The van der Waals surface area contributed by atoms with E-state index in [1.165, 1.54) is 0 Å². The summed E-state index contributed by atoms with van der Waals surface area (Å²) in [4.78, 5) is 34.2. The maximum atomic E-state index is 9.90. The number of aliphatic hydroxyl groups is 5. The van der Waals surface area contributed by atoms with E-state index in [2.05, 4.69) is 0 Å². The Bertz CT molecular complexity index is 261. The van der Waals surface area contributed by atoms with E-state index < -0.39 is 38.8 Å². The molecule has 10 nitrogen and oxygen atoms in total. The van der Waals surface area contributed by atoms with Crippen molar-refractivity contribution in [2.75, 3.05) is 6.61 Å². The van der Waals surface area contributed by atoms with Gasteiger partial charge in [0.2, 0.25) is 0 Å². The van der Waals surface area contributed by atoms with Crippen molar-refractivity contribution in [3.63, 3.8) is 0 Å². The molecule has 0 spiro atoms. The molecule has 21 heavy (non-hydrogen) atoms. The van der Waals surface area contributed by atoms with Gasteiger partial charge in [0, 0.05) is 0 Å². The molecule has 0 bridgehead atoms. The Morgan fingerprint density at radius 3 is 1.48 bits per heavy atom. The van der Waals surface area contributed by atoms with Gasteiger partial charge in [-0.1, -0.05) is 0 Å². The standard InChI is InChI=1S/C6H12O6.ClH.3Na.H3O4P/c7-1-3(9)5(11)6(12)4(10)2-8;;;;;1-5(2,3)4/h1,3-6,8-12H,2H2;1H;;;;(H3,1,2,3,4)/q;;3*+1;/p-3/t3-,4+,5+,6+;;;;;/m0...../s1. The Kier molecular flexibility index (Phi) is 38.9. The van der Waals surface area contributed by atoms with Crippen LogP contribution in [0.1, 0.15) is 0 Å². The number of hydrogen-bond donors (Lipinski definition) is 6. The first-order chi connectivity index (χ1) is 7.54. The fraction of sp³-hybridized carbons (Fsp3) is 0.833. The van der Waals surface area contributed by atoms with Gasteiger partial charge in [-0.05, 0) is 0 Å². The van der Waals surface area contributed by atoms with Crippen LogP contribution >= 0.6 is 7.82 Å². The third-order valence-corrected chi connectivity index (χ3v) is 1.42. The third kappa shape index (κ3) is 28.0. The van der Waals surface area contributed by atoms with E-state index in [0.29, 0.717) is 0 Å². The fourth-order valence-electron chi connectivity index (χ4n) is 0.618. The molecule has 0 saturated heterocycles. The average Bonchev–Trinajstić information content (AvgIpc) is 2.22. The van der Waals surface area contributed by atoms with Gasteiger partial charge in [-0.2, -0.15) is 0 Å². The van der Waals surface area contributed by atoms with Gasteiger partial charge in [0.05, 0.1) is 14.4 Å². The number of aldehydes is 1. The van der Waals surface area contributed by atoms with Gasteiger partial charge in [-0.3, -0.25) is 0 Å². The van der Waals surface area contributed by atoms with Crippen LogP contribution in [0.4, 0.5) is 0 Å². The van der Waals surface area contributed by atoms with Gasteiger partial charge in [0.15, 0.2) is 6.29 Å². The van der Waals surface area contributed by atoms with Crippen molar-refractivity contribution in [1.29, 1.82) is 0 Å². The van der Waals surface area contributed by atoms with Gasteiger partial charge in [0.1, 0.15) is 24.4 Å². The molecule has 0 rings (SSSR count). The molecule has 0 unspecified atom stereocenters. The van der Waals surface area contributed by atoms with Crippen LogP contribution in [0.15, 0.2) is 0 Å². The van der Waals surface area contributed by atoms with E-state index in [1.54, 1.807) is 0 Å². The quantitative estimate of drug-likeness (QED) is 0.151. The molecule has 0 heterocycles. The van der Waals surface area contributed by atoms with Crippen LogP contribution in [-0.2, 0) is 9.36 Å². The monoisotopic (exact) mass is 380 g/mol. The predicted molar refractivity (Wildman–Crippen MR) is 47.0 cm³/mol. The molecule has 0 saturated carbocycles. The molecule has 0 radical (unpaired) electrons. The Morgan fingerprint density at radius 1 is 1.00 bits per heavy atom. The summed E-state index contributed by atoms with van der Waals surface area (Å²) in [5.74, 6) is 0. The number of carbonyl (C=O) groups excluding carboxylic acids is 1. The normalized spacial score (nSPS) is 14.9. The molecule has 0 aliphatic heterocycles. The molecule has 0 aliphatic rings. The van der Waals surface area contributed by atoms with Crippen molar-refractivity contribution in [2.45, 2.75) is 24.4 Å². The molecule has 0 aromatic rings. The minimum absolute atomic E-state index is 0. The van der Waals surface area contributed by atoms with Crippen LogP contribution in [0.25, 0.3) is 0 Å². The number of rotatable bonds is 5. The minimum Gasteiger partial charge on any atom is -1.00 e. The van der Waals surface area contributed by atoms with Crippen molar-refractivity contribution in [1.82, 2.24) is 0 Å². The van der Waals surface area contributed by atoms with Crippen LogP contribution < -0.4 is 111 Å².